The summed E-state index contributed by atoms with van der Waals surface area (Å²) in [4.78, 5) is 14.4. The summed E-state index contributed by atoms with van der Waals surface area (Å²) in [5.41, 5.74) is -1.69. The molecule has 304 valence electrons. The lowest BCUT2D eigenvalue weighted by atomic mass is 9.97. The maximum atomic E-state index is 16.4. The summed E-state index contributed by atoms with van der Waals surface area (Å²) in [6.07, 6.45) is -8.95. The van der Waals surface area contributed by atoms with Crippen LogP contribution >= 0.6 is 0 Å². The van der Waals surface area contributed by atoms with Crippen molar-refractivity contribution >= 4 is 20.0 Å². The molecular formula is C40H47F8N5O2Si. The van der Waals surface area contributed by atoms with Crippen molar-refractivity contribution in [1.29, 1.82) is 0 Å². The van der Waals surface area contributed by atoms with Crippen LogP contribution in [0.15, 0.2) is 48.5 Å². The smallest absolute Gasteiger partial charge is 0.400 e. The molecule has 0 saturated heterocycles. The average Bonchev–Trinajstić information content (AvgIpc) is 3.57. The van der Waals surface area contributed by atoms with Gasteiger partial charge in [-0.05, 0) is 79.7 Å². The maximum absolute atomic E-state index is 16.4. The third kappa shape index (κ3) is 8.37. The van der Waals surface area contributed by atoms with Gasteiger partial charge in [0.05, 0.1) is 39.4 Å². The van der Waals surface area contributed by atoms with Gasteiger partial charge in [0.1, 0.15) is 18.4 Å². The molecule has 2 heterocycles. The molecule has 1 aliphatic heterocycles. The number of halogens is 8. The number of carbonyl (C=O) groups is 1. The number of aryl methyl sites for hydroxylation is 2. The summed E-state index contributed by atoms with van der Waals surface area (Å²) < 4.78 is 123. The van der Waals surface area contributed by atoms with Gasteiger partial charge in [-0.1, -0.05) is 58.9 Å². The first-order valence-corrected chi connectivity index (χ1v) is 21.2. The lowest BCUT2D eigenvalue weighted by Crippen LogP contribution is -2.44. The number of urea groups is 1. The molecule has 2 N–H and O–H groups in total. The van der Waals surface area contributed by atoms with Crippen LogP contribution in [0.5, 0.6) is 0 Å². The molecule has 0 spiro atoms. The SMILES string of the molecule is CCc1cccc(CC)c1-n1nc2c(c1-c1cc(F)c(NC(=O)NCO[Si](C)(C)C(C)(C)C)cc1F)CN(Cc1ccc(C(F)(F)F)cc1C(F)(F)F)C2(C)C. The van der Waals surface area contributed by atoms with Crippen LogP contribution in [0.2, 0.25) is 18.1 Å². The second kappa shape index (κ2) is 15.2. The highest BCUT2D eigenvalue weighted by Gasteiger charge is 2.45. The summed E-state index contributed by atoms with van der Waals surface area (Å²) in [7, 11) is -2.22. The largest absolute Gasteiger partial charge is 0.416 e. The Bertz CT molecular complexity index is 2100. The highest BCUT2D eigenvalue weighted by molar-refractivity contribution is 6.74. The van der Waals surface area contributed by atoms with E-state index in [1.165, 1.54) is 0 Å². The van der Waals surface area contributed by atoms with Crippen molar-refractivity contribution in [1.82, 2.24) is 20.0 Å². The van der Waals surface area contributed by atoms with Crippen LogP contribution in [-0.2, 0) is 48.2 Å². The summed E-state index contributed by atoms with van der Waals surface area (Å²) in [6.45, 7) is 16.7. The molecule has 3 aromatic carbocycles. The van der Waals surface area contributed by atoms with Crippen molar-refractivity contribution in [2.45, 2.75) is 110 Å². The Hall–Kier alpha value is -4.28. The van der Waals surface area contributed by atoms with Gasteiger partial charge in [-0.15, -0.1) is 0 Å². The lowest BCUT2D eigenvalue weighted by Gasteiger charge is -2.36. The minimum atomic E-state index is -5.08. The number of hydrogen-bond acceptors (Lipinski definition) is 4. The van der Waals surface area contributed by atoms with E-state index in [0.717, 1.165) is 29.3 Å². The molecule has 0 aliphatic carbocycles. The fraction of sp³-hybridized carbons (Fsp3) is 0.450. The number of benzene rings is 3. The molecule has 0 unspecified atom stereocenters. The normalized spacial score (nSPS) is 14.9. The Morgan fingerprint density at radius 2 is 1.52 bits per heavy atom. The first-order chi connectivity index (χ1) is 25.8. The second-order valence-corrected chi connectivity index (χ2v) is 20.8. The Morgan fingerprint density at radius 3 is 2.07 bits per heavy atom. The molecule has 4 aromatic rings. The molecule has 1 aromatic heterocycles. The van der Waals surface area contributed by atoms with Crippen LogP contribution in [-0.4, -0.2) is 35.8 Å². The van der Waals surface area contributed by atoms with E-state index in [-0.39, 0.29) is 41.2 Å². The third-order valence-corrected chi connectivity index (χ3v) is 15.5. The molecular weight excluding hydrogens is 763 g/mol. The van der Waals surface area contributed by atoms with Gasteiger partial charge in [-0.25, -0.2) is 18.3 Å². The zero-order valence-corrected chi connectivity index (χ0v) is 33.8. The molecule has 0 atom stereocenters. The standard InChI is InChI=1S/C40H47F8N5O2Si/c1-10-23-13-12-14-24(11-2)33(23)53-34(27-18-31(42)32(19-30(27)41)50-36(54)49-22-55-56(8,9)37(3,4)5)28-21-52(38(6,7)35(28)51-53)20-25-15-16-26(39(43,44)45)17-29(25)40(46,47)48/h12-19H,10-11,20-22H2,1-9H3,(H2,49,50,54). The van der Waals surface area contributed by atoms with Gasteiger partial charge in [0.15, 0.2) is 8.32 Å². The quantitative estimate of drug-likeness (QED) is 0.0951. The zero-order valence-electron chi connectivity index (χ0n) is 32.8. The Kier molecular flexibility index (Phi) is 11.7. The minimum absolute atomic E-state index is 0.0938. The van der Waals surface area contributed by atoms with Gasteiger partial charge in [0.25, 0.3) is 0 Å². The Morgan fingerprint density at radius 1 is 0.893 bits per heavy atom. The monoisotopic (exact) mass is 809 g/mol. The number of rotatable bonds is 10. The van der Waals surface area contributed by atoms with E-state index in [4.69, 9.17) is 9.52 Å². The number of anilines is 1. The number of hydrogen-bond donors (Lipinski definition) is 2. The Balaban J connectivity index is 1.58. The van der Waals surface area contributed by atoms with E-state index in [1.807, 2.05) is 65.9 Å². The lowest BCUT2D eigenvalue weighted by molar-refractivity contribution is -0.143. The number of para-hydroxylation sites is 1. The summed E-state index contributed by atoms with van der Waals surface area (Å²) in [5, 5.41) is 9.69. The second-order valence-electron chi connectivity index (χ2n) is 16.0. The summed E-state index contributed by atoms with van der Waals surface area (Å²) in [5.74, 6) is -1.87. The zero-order chi connectivity index (χ0) is 41.8. The van der Waals surface area contributed by atoms with E-state index in [9.17, 15) is 31.1 Å². The topological polar surface area (TPSA) is 71.4 Å². The predicted octanol–water partition coefficient (Wildman–Crippen LogP) is 11.3. The van der Waals surface area contributed by atoms with E-state index in [0.29, 0.717) is 35.9 Å². The molecule has 2 amide bonds. The van der Waals surface area contributed by atoms with Crippen LogP contribution in [0.1, 0.15) is 87.5 Å². The summed E-state index contributed by atoms with van der Waals surface area (Å²) in [6, 6.07) is 8.18. The van der Waals surface area contributed by atoms with Gasteiger partial charge >= 0.3 is 18.4 Å². The van der Waals surface area contributed by atoms with Crippen molar-refractivity contribution < 1.29 is 44.3 Å². The van der Waals surface area contributed by atoms with Crippen molar-refractivity contribution in [2.24, 2.45) is 0 Å². The van der Waals surface area contributed by atoms with Crippen LogP contribution in [0.4, 0.5) is 45.6 Å². The van der Waals surface area contributed by atoms with E-state index < -0.39 is 67.2 Å². The number of nitrogens with one attached hydrogen (secondary N) is 2. The molecule has 0 fully saturated rings. The fourth-order valence-corrected chi connectivity index (χ4v) is 7.52. The molecule has 7 nitrogen and oxygen atoms in total. The Labute approximate surface area is 322 Å². The first-order valence-electron chi connectivity index (χ1n) is 18.3. The minimum Gasteiger partial charge on any atom is -0.400 e. The molecule has 0 bridgehead atoms. The fourth-order valence-electron chi connectivity index (χ4n) is 6.66. The van der Waals surface area contributed by atoms with Crippen molar-refractivity contribution in [3.8, 4) is 16.9 Å². The molecule has 0 radical (unpaired) electrons. The van der Waals surface area contributed by atoms with Gasteiger partial charge in [-0.2, -0.15) is 31.4 Å². The van der Waals surface area contributed by atoms with Gasteiger partial charge < -0.3 is 15.1 Å². The molecule has 0 saturated carbocycles. The highest BCUT2D eigenvalue weighted by Crippen LogP contribution is 2.47. The van der Waals surface area contributed by atoms with Crippen molar-refractivity contribution in [2.75, 3.05) is 12.0 Å². The predicted molar refractivity (Wildman–Crippen MR) is 202 cm³/mol. The van der Waals surface area contributed by atoms with Crippen LogP contribution < -0.4 is 10.6 Å². The van der Waals surface area contributed by atoms with Crippen LogP contribution in [0, 0.1) is 11.6 Å². The third-order valence-electron chi connectivity index (χ3n) is 11.0. The molecule has 5 rings (SSSR count). The first kappa shape index (κ1) is 42.9. The molecule has 16 heteroatoms. The number of nitrogens with zero attached hydrogens (tertiary/aromatic N) is 3. The number of alkyl halides is 6. The van der Waals surface area contributed by atoms with Gasteiger partial charge in [0, 0.05) is 30.3 Å². The van der Waals surface area contributed by atoms with Gasteiger partial charge in [-0.3, -0.25) is 4.90 Å². The highest BCUT2D eigenvalue weighted by atomic mass is 28.4. The number of amides is 2. The van der Waals surface area contributed by atoms with Crippen LogP contribution in [0.3, 0.4) is 0 Å². The summed E-state index contributed by atoms with van der Waals surface area (Å²) >= 11 is 0. The van der Waals surface area contributed by atoms with E-state index in [2.05, 4.69) is 10.6 Å². The number of fused-ring (bicyclic) bond motifs is 1. The van der Waals surface area contributed by atoms with E-state index in [1.54, 1.807) is 23.4 Å². The number of aromatic nitrogens is 2. The average molecular weight is 810 g/mol. The maximum Gasteiger partial charge on any atom is 0.416 e. The van der Waals surface area contributed by atoms with E-state index >= 15 is 8.78 Å². The molecule has 56 heavy (non-hydrogen) atoms. The van der Waals surface area contributed by atoms with Gasteiger partial charge in [0.2, 0.25) is 0 Å². The molecule has 1 aliphatic rings. The number of carbonyl (C=O) groups excluding carboxylic acids is 1. The van der Waals surface area contributed by atoms with Crippen molar-refractivity contribution in [3.63, 3.8) is 0 Å². The van der Waals surface area contributed by atoms with Crippen LogP contribution in [0.25, 0.3) is 16.9 Å². The van der Waals surface area contributed by atoms with Crippen molar-refractivity contribution in [3.05, 3.63) is 99.2 Å².